The third-order valence-electron chi connectivity index (χ3n) is 8.83. The van der Waals surface area contributed by atoms with Crippen molar-refractivity contribution in [3.8, 4) is 0 Å². The van der Waals surface area contributed by atoms with Gasteiger partial charge in [0.15, 0.2) is 0 Å². The summed E-state index contributed by atoms with van der Waals surface area (Å²) in [6.45, 7) is 12.5. The first-order valence-electron chi connectivity index (χ1n) is 15.8. The molecule has 2 aromatic rings. The Morgan fingerprint density at radius 2 is 1.65 bits per heavy atom. The molecule has 5 unspecified atom stereocenters. The molecule has 2 aromatic carbocycles. The maximum absolute atomic E-state index is 14.4. The minimum Gasteiger partial charge on any atom is -0.444 e. The molecule has 2 saturated heterocycles. The van der Waals surface area contributed by atoms with Crippen LogP contribution < -0.4 is 16.4 Å². The molecule has 4 N–H and O–H groups in total. The van der Waals surface area contributed by atoms with E-state index in [-0.39, 0.29) is 30.8 Å². The molecule has 2 heterocycles. The van der Waals surface area contributed by atoms with E-state index >= 15 is 0 Å². The first kappa shape index (κ1) is 34.7. The first-order chi connectivity index (χ1) is 21.4. The topological polar surface area (TPSA) is 154 Å². The average Bonchev–Trinajstić information content (AvgIpc) is 3.58. The third-order valence-corrected chi connectivity index (χ3v) is 8.83. The van der Waals surface area contributed by atoms with Gasteiger partial charge in [-0.2, -0.15) is 0 Å². The number of hydrogen-bond acceptors (Lipinski definition) is 7. The summed E-state index contributed by atoms with van der Waals surface area (Å²) in [6, 6.07) is 10.5. The highest BCUT2D eigenvalue weighted by molar-refractivity contribution is 6.03. The van der Waals surface area contributed by atoms with Crippen molar-refractivity contribution in [2.24, 2.45) is 17.1 Å². The number of hydrogen-bond donors (Lipinski definition) is 3. The minimum atomic E-state index is -0.978. The Morgan fingerprint density at radius 1 is 1.00 bits per heavy atom. The summed E-state index contributed by atoms with van der Waals surface area (Å²) in [5.74, 6) is -2.19. The van der Waals surface area contributed by atoms with Crippen LogP contribution in [0, 0.1) is 11.3 Å². The molecule has 2 aliphatic rings. The molecule has 12 heteroatoms. The molecule has 46 heavy (non-hydrogen) atoms. The van der Waals surface area contributed by atoms with E-state index in [0.717, 1.165) is 10.8 Å². The summed E-state index contributed by atoms with van der Waals surface area (Å²) < 4.78 is 5.41. The second-order valence-corrected chi connectivity index (χ2v) is 14.3. The van der Waals surface area contributed by atoms with E-state index < -0.39 is 53.1 Å². The lowest BCUT2D eigenvalue weighted by Crippen LogP contribution is -2.60. The first-order valence-corrected chi connectivity index (χ1v) is 15.8. The van der Waals surface area contributed by atoms with Gasteiger partial charge in [0.1, 0.15) is 17.7 Å². The van der Waals surface area contributed by atoms with Crippen LogP contribution in [0.4, 0.5) is 10.5 Å². The Balaban J connectivity index is 1.59. The van der Waals surface area contributed by atoms with E-state index in [1.165, 1.54) is 11.9 Å². The Labute approximate surface area is 271 Å². The molecule has 5 amide bonds. The van der Waals surface area contributed by atoms with Gasteiger partial charge in [0.05, 0.1) is 24.5 Å². The number of carbonyl (C=O) groups excluding carboxylic acids is 5. The molecule has 2 fully saturated rings. The lowest BCUT2D eigenvalue weighted by Gasteiger charge is -2.37. The maximum Gasteiger partial charge on any atom is 0.410 e. The fraction of sp³-hybridized carbons (Fsp3) is 0.559. The number of rotatable bonds is 7. The van der Waals surface area contributed by atoms with Gasteiger partial charge in [-0.05, 0) is 51.0 Å². The van der Waals surface area contributed by atoms with Gasteiger partial charge in [-0.15, -0.1) is 0 Å². The number of carbonyl (C=O) groups is 5. The monoisotopic (exact) mass is 636 g/mol. The Bertz CT molecular complexity index is 1490. The zero-order chi connectivity index (χ0) is 34.1. The zero-order valence-electron chi connectivity index (χ0n) is 28.1. The van der Waals surface area contributed by atoms with Crippen LogP contribution in [0.25, 0.3) is 10.8 Å². The largest absolute Gasteiger partial charge is 0.444 e. The minimum absolute atomic E-state index is 0.121. The highest BCUT2D eigenvalue weighted by Crippen LogP contribution is 2.38. The van der Waals surface area contributed by atoms with Gasteiger partial charge < -0.3 is 30.9 Å². The van der Waals surface area contributed by atoms with Gasteiger partial charge in [-0.1, -0.05) is 57.2 Å². The Morgan fingerprint density at radius 3 is 2.28 bits per heavy atom. The second kappa shape index (κ2) is 13.3. The molecule has 0 spiro atoms. The number of nitrogens with two attached hydrogens (primary N) is 1. The fourth-order valence-corrected chi connectivity index (χ4v) is 6.28. The molecule has 4 rings (SSSR count). The Kier molecular flexibility index (Phi) is 10.0. The van der Waals surface area contributed by atoms with Crippen LogP contribution >= 0.6 is 0 Å². The zero-order valence-corrected chi connectivity index (χ0v) is 28.1. The van der Waals surface area contributed by atoms with E-state index in [1.807, 2.05) is 63.2 Å². The van der Waals surface area contributed by atoms with Crippen molar-refractivity contribution < 1.29 is 28.7 Å². The predicted octanol–water partition coefficient (Wildman–Crippen LogP) is 2.95. The molecule has 0 aliphatic carbocycles. The standard InChI is InChI=1S/C34H48N6O6/c1-20(38(8)32(45)46-34(5,6)7)29(42)37-28(33(2,3)4)31(44)39-17-16-25-27(39)23(19-40(25)26(41)18-35)30(43)36-24-15-11-13-21-12-9-10-14-22(21)24/h9-15,20,23,25,27-28H,16-19,35H2,1-8H3,(H,36,43)(H,37,42). The number of anilines is 1. The van der Waals surface area contributed by atoms with Gasteiger partial charge in [-0.3, -0.25) is 24.1 Å². The molecule has 0 radical (unpaired) electrons. The van der Waals surface area contributed by atoms with E-state index in [1.54, 1.807) is 37.5 Å². The third kappa shape index (κ3) is 7.27. The summed E-state index contributed by atoms with van der Waals surface area (Å²) >= 11 is 0. The molecule has 2 aliphatic heterocycles. The summed E-state index contributed by atoms with van der Waals surface area (Å²) in [7, 11) is 1.47. The summed E-state index contributed by atoms with van der Waals surface area (Å²) in [5.41, 5.74) is 4.93. The van der Waals surface area contributed by atoms with Crippen LogP contribution in [-0.2, 0) is 23.9 Å². The lowest BCUT2D eigenvalue weighted by atomic mass is 9.85. The smallest absolute Gasteiger partial charge is 0.410 e. The van der Waals surface area contributed by atoms with Crippen molar-refractivity contribution in [2.45, 2.75) is 84.7 Å². The quantitative estimate of drug-likeness (QED) is 0.422. The van der Waals surface area contributed by atoms with Gasteiger partial charge >= 0.3 is 6.09 Å². The van der Waals surface area contributed by atoms with Gasteiger partial charge in [-0.25, -0.2) is 4.79 Å². The van der Waals surface area contributed by atoms with Crippen molar-refractivity contribution >= 4 is 46.2 Å². The fourth-order valence-electron chi connectivity index (χ4n) is 6.28. The summed E-state index contributed by atoms with van der Waals surface area (Å²) in [6.07, 6.45) is -0.185. The van der Waals surface area contributed by atoms with Crippen LogP contribution in [0.1, 0.15) is 54.9 Å². The SMILES string of the molecule is CC(C(=O)NC(C(=O)N1CCC2C1C(C(=O)Nc1cccc3ccccc13)CN2C(=O)CN)C(C)(C)C)N(C)C(=O)OC(C)(C)C. The number of ether oxygens (including phenoxy) is 1. The van der Waals surface area contributed by atoms with Crippen LogP contribution in [-0.4, -0.2) is 101 Å². The van der Waals surface area contributed by atoms with Crippen molar-refractivity contribution in [2.75, 3.05) is 32.0 Å². The van der Waals surface area contributed by atoms with E-state index in [4.69, 9.17) is 10.5 Å². The van der Waals surface area contributed by atoms with Crippen LogP contribution in [0.3, 0.4) is 0 Å². The van der Waals surface area contributed by atoms with Crippen molar-refractivity contribution in [3.05, 3.63) is 42.5 Å². The number of likely N-dealkylation sites (N-methyl/N-ethyl adjacent to an activating group) is 1. The number of benzene rings is 2. The second-order valence-electron chi connectivity index (χ2n) is 14.3. The number of amides is 5. The number of likely N-dealkylation sites (tertiary alicyclic amines) is 2. The summed E-state index contributed by atoms with van der Waals surface area (Å²) in [4.78, 5) is 71.8. The van der Waals surface area contributed by atoms with Gasteiger partial charge in [0.25, 0.3) is 0 Å². The Hall–Kier alpha value is -4.19. The number of nitrogens with zero attached hydrogens (tertiary/aromatic N) is 3. The molecule has 0 aromatic heterocycles. The van der Waals surface area contributed by atoms with Gasteiger partial charge in [0, 0.05) is 31.2 Å². The highest BCUT2D eigenvalue weighted by atomic mass is 16.6. The van der Waals surface area contributed by atoms with E-state index in [2.05, 4.69) is 10.6 Å². The normalized spacial score (nSPS) is 20.9. The molecular weight excluding hydrogens is 588 g/mol. The van der Waals surface area contributed by atoms with E-state index in [9.17, 15) is 24.0 Å². The highest BCUT2D eigenvalue weighted by Gasteiger charge is 2.55. The van der Waals surface area contributed by atoms with Crippen molar-refractivity contribution in [3.63, 3.8) is 0 Å². The maximum atomic E-state index is 14.4. The van der Waals surface area contributed by atoms with Crippen molar-refractivity contribution in [1.82, 2.24) is 20.0 Å². The molecule has 0 bridgehead atoms. The van der Waals surface area contributed by atoms with Gasteiger partial charge in [0.2, 0.25) is 23.6 Å². The lowest BCUT2D eigenvalue weighted by molar-refractivity contribution is -0.142. The van der Waals surface area contributed by atoms with Crippen molar-refractivity contribution in [1.29, 1.82) is 0 Å². The molecule has 5 atom stereocenters. The van der Waals surface area contributed by atoms with Crippen LogP contribution in [0.2, 0.25) is 0 Å². The van der Waals surface area contributed by atoms with Crippen LogP contribution in [0.5, 0.6) is 0 Å². The average molecular weight is 637 g/mol. The molecular formula is C34H48N6O6. The molecule has 250 valence electrons. The number of fused-ring (bicyclic) bond motifs is 2. The predicted molar refractivity (Wildman–Crippen MR) is 176 cm³/mol. The van der Waals surface area contributed by atoms with E-state index in [0.29, 0.717) is 18.7 Å². The number of nitrogens with one attached hydrogen (secondary N) is 2. The van der Waals surface area contributed by atoms with Crippen LogP contribution in [0.15, 0.2) is 42.5 Å². The summed E-state index contributed by atoms with van der Waals surface area (Å²) in [5, 5.41) is 7.79. The molecule has 0 saturated carbocycles. The molecule has 12 nitrogen and oxygen atoms in total.